The molecule has 16 heavy (non-hydrogen) atoms. The summed E-state index contributed by atoms with van der Waals surface area (Å²) in [5.41, 5.74) is -0.225. The fourth-order valence-corrected chi connectivity index (χ4v) is 1.66. The Morgan fingerprint density at radius 1 is 1.38 bits per heavy atom. The quantitative estimate of drug-likeness (QED) is 0.847. The average molecular weight is 293 g/mol. The molecule has 0 aliphatic carbocycles. The van der Waals surface area contributed by atoms with E-state index in [1.165, 1.54) is 6.07 Å². The lowest BCUT2D eigenvalue weighted by atomic mass is 10.0. The minimum Gasteiger partial charge on any atom is -0.396 e. The second-order valence-corrected chi connectivity index (χ2v) is 4.22. The van der Waals surface area contributed by atoms with Crippen LogP contribution in [-0.2, 0) is 11.2 Å². The lowest BCUT2D eigenvalue weighted by Gasteiger charge is -2.05. The van der Waals surface area contributed by atoms with Crippen molar-refractivity contribution in [1.29, 1.82) is 0 Å². The SMILES string of the molecule is O=C(CCCO)Cc1c(F)ccc(Br)c1F. The summed E-state index contributed by atoms with van der Waals surface area (Å²) >= 11 is 2.93. The Kier molecular flexibility index (Phi) is 5.02. The summed E-state index contributed by atoms with van der Waals surface area (Å²) in [5, 5.41) is 8.53. The number of benzene rings is 1. The van der Waals surface area contributed by atoms with E-state index in [1.54, 1.807) is 0 Å². The van der Waals surface area contributed by atoms with Crippen molar-refractivity contribution in [2.45, 2.75) is 19.3 Å². The topological polar surface area (TPSA) is 37.3 Å². The summed E-state index contributed by atoms with van der Waals surface area (Å²) in [7, 11) is 0. The molecule has 1 aromatic carbocycles. The van der Waals surface area contributed by atoms with Crippen LogP contribution in [0.15, 0.2) is 16.6 Å². The van der Waals surface area contributed by atoms with Crippen molar-refractivity contribution in [3.05, 3.63) is 33.8 Å². The number of hydrogen-bond acceptors (Lipinski definition) is 2. The molecule has 2 nitrogen and oxygen atoms in total. The molecule has 88 valence electrons. The van der Waals surface area contributed by atoms with Gasteiger partial charge in [-0.05, 0) is 34.5 Å². The third kappa shape index (κ3) is 3.35. The zero-order valence-electron chi connectivity index (χ0n) is 8.47. The predicted octanol–water partition coefficient (Wildman–Crippen LogP) is 2.61. The van der Waals surface area contributed by atoms with Crippen molar-refractivity contribution in [3.63, 3.8) is 0 Å². The van der Waals surface area contributed by atoms with E-state index in [2.05, 4.69) is 15.9 Å². The van der Waals surface area contributed by atoms with Gasteiger partial charge in [-0.15, -0.1) is 0 Å². The van der Waals surface area contributed by atoms with Gasteiger partial charge in [0.2, 0.25) is 0 Å². The highest BCUT2D eigenvalue weighted by molar-refractivity contribution is 9.10. The van der Waals surface area contributed by atoms with Crippen LogP contribution in [0.3, 0.4) is 0 Å². The molecular weight excluding hydrogens is 282 g/mol. The number of hydrogen-bond donors (Lipinski definition) is 1. The third-order valence-corrected chi connectivity index (χ3v) is 2.74. The smallest absolute Gasteiger partial charge is 0.143 e. The normalized spacial score (nSPS) is 10.5. The molecule has 0 fully saturated rings. The van der Waals surface area contributed by atoms with E-state index in [0.29, 0.717) is 6.42 Å². The van der Waals surface area contributed by atoms with Gasteiger partial charge in [0.05, 0.1) is 4.47 Å². The van der Waals surface area contributed by atoms with E-state index in [0.717, 1.165) is 6.07 Å². The molecule has 1 N–H and O–H groups in total. The van der Waals surface area contributed by atoms with E-state index in [-0.39, 0.29) is 35.3 Å². The molecule has 0 saturated carbocycles. The van der Waals surface area contributed by atoms with Crippen molar-refractivity contribution in [2.75, 3.05) is 6.61 Å². The third-order valence-electron chi connectivity index (χ3n) is 2.13. The summed E-state index contributed by atoms with van der Waals surface area (Å²) in [5.74, 6) is -1.75. The maximum atomic E-state index is 13.5. The number of carbonyl (C=O) groups excluding carboxylic acids is 1. The average Bonchev–Trinajstić information content (AvgIpc) is 2.27. The molecule has 1 aromatic rings. The number of rotatable bonds is 5. The Hall–Kier alpha value is -0.810. The van der Waals surface area contributed by atoms with E-state index in [4.69, 9.17) is 5.11 Å². The van der Waals surface area contributed by atoms with Crippen molar-refractivity contribution >= 4 is 21.7 Å². The first-order valence-electron chi connectivity index (χ1n) is 4.81. The first-order chi connectivity index (χ1) is 7.56. The molecular formula is C11H11BrF2O2. The maximum absolute atomic E-state index is 13.5. The Morgan fingerprint density at radius 3 is 2.69 bits per heavy atom. The summed E-state index contributed by atoms with van der Waals surface area (Å²) in [4.78, 5) is 11.3. The van der Waals surface area contributed by atoms with E-state index in [1.807, 2.05) is 0 Å². The van der Waals surface area contributed by atoms with Gasteiger partial charge in [-0.3, -0.25) is 4.79 Å². The predicted molar refractivity (Wildman–Crippen MR) is 59.1 cm³/mol. The molecule has 0 atom stereocenters. The molecule has 0 radical (unpaired) electrons. The van der Waals surface area contributed by atoms with Crippen LogP contribution < -0.4 is 0 Å². The van der Waals surface area contributed by atoms with E-state index >= 15 is 0 Å². The van der Waals surface area contributed by atoms with Gasteiger partial charge in [0.15, 0.2) is 0 Å². The second kappa shape index (κ2) is 6.06. The molecule has 0 aliphatic heterocycles. The van der Waals surface area contributed by atoms with Crippen LogP contribution >= 0.6 is 15.9 Å². The molecule has 0 unspecified atom stereocenters. The lowest BCUT2D eigenvalue weighted by Crippen LogP contribution is -2.07. The largest absolute Gasteiger partial charge is 0.396 e. The Morgan fingerprint density at radius 2 is 2.06 bits per heavy atom. The highest BCUT2D eigenvalue weighted by atomic mass is 79.9. The Bertz CT molecular complexity index is 394. The zero-order valence-corrected chi connectivity index (χ0v) is 10.1. The summed E-state index contributed by atoms with van der Waals surface area (Å²) in [6.07, 6.45) is 0.162. The fourth-order valence-electron chi connectivity index (χ4n) is 1.29. The number of ketones is 1. The molecule has 0 bridgehead atoms. The monoisotopic (exact) mass is 292 g/mol. The first kappa shape index (κ1) is 13.3. The zero-order chi connectivity index (χ0) is 12.1. The number of halogens is 3. The molecule has 1 rings (SSSR count). The van der Waals surface area contributed by atoms with Crippen molar-refractivity contribution < 1.29 is 18.7 Å². The van der Waals surface area contributed by atoms with E-state index < -0.39 is 11.6 Å². The Balaban J connectivity index is 2.80. The van der Waals surface area contributed by atoms with Crippen molar-refractivity contribution in [3.8, 4) is 0 Å². The standard InChI is InChI=1S/C11H11BrF2O2/c12-9-3-4-10(13)8(11(9)14)6-7(16)2-1-5-15/h3-4,15H,1-2,5-6H2. The molecule has 0 aromatic heterocycles. The van der Waals surface area contributed by atoms with Crippen molar-refractivity contribution in [2.24, 2.45) is 0 Å². The van der Waals surface area contributed by atoms with Crippen LogP contribution in [0.5, 0.6) is 0 Å². The summed E-state index contributed by atoms with van der Waals surface area (Å²) in [6.45, 7) is -0.102. The fraction of sp³-hybridized carbons (Fsp3) is 0.364. The van der Waals surface area contributed by atoms with Crippen LogP contribution in [0.25, 0.3) is 0 Å². The number of aliphatic hydroxyl groups is 1. The molecule has 0 heterocycles. The van der Waals surface area contributed by atoms with Crippen LogP contribution in [0.4, 0.5) is 8.78 Å². The van der Waals surface area contributed by atoms with Gasteiger partial charge in [-0.25, -0.2) is 8.78 Å². The van der Waals surface area contributed by atoms with Gasteiger partial charge in [-0.1, -0.05) is 0 Å². The minimum absolute atomic E-state index is 0.102. The number of aliphatic hydroxyl groups excluding tert-OH is 1. The maximum Gasteiger partial charge on any atom is 0.143 e. The highest BCUT2D eigenvalue weighted by Gasteiger charge is 2.15. The summed E-state index contributed by atoms with van der Waals surface area (Å²) < 4.78 is 26.8. The van der Waals surface area contributed by atoms with Gasteiger partial charge in [0, 0.05) is 25.0 Å². The second-order valence-electron chi connectivity index (χ2n) is 3.36. The van der Waals surface area contributed by atoms with Gasteiger partial charge in [-0.2, -0.15) is 0 Å². The Labute approximate surface area is 100 Å². The number of carbonyl (C=O) groups is 1. The van der Waals surface area contributed by atoms with Crippen molar-refractivity contribution in [1.82, 2.24) is 0 Å². The van der Waals surface area contributed by atoms with Gasteiger partial charge < -0.3 is 5.11 Å². The van der Waals surface area contributed by atoms with E-state index in [9.17, 15) is 13.6 Å². The van der Waals surface area contributed by atoms with Gasteiger partial charge >= 0.3 is 0 Å². The number of Topliss-reactive ketones (excluding diaryl/α,β-unsaturated/α-hetero) is 1. The molecule has 0 spiro atoms. The van der Waals surface area contributed by atoms with Crippen LogP contribution in [-0.4, -0.2) is 17.5 Å². The molecule has 0 aliphatic rings. The highest BCUT2D eigenvalue weighted by Crippen LogP contribution is 2.22. The van der Waals surface area contributed by atoms with Crippen LogP contribution in [0.2, 0.25) is 0 Å². The first-order valence-corrected chi connectivity index (χ1v) is 5.60. The van der Waals surface area contributed by atoms with Gasteiger partial charge in [0.25, 0.3) is 0 Å². The minimum atomic E-state index is -0.739. The van der Waals surface area contributed by atoms with Crippen LogP contribution in [0, 0.1) is 11.6 Å². The lowest BCUT2D eigenvalue weighted by molar-refractivity contribution is -0.118. The summed E-state index contributed by atoms with van der Waals surface area (Å²) in [6, 6.07) is 2.37. The van der Waals surface area contributed by atoms with Gasteiger partial charge in [0.1, 0.15) is 17.4 Å². The van der Waals surface area contributed by atoms with Crippen LogP contribution in [0.1, 0.15) is 18.4 Å². The molecule has 0 amide bonds. The molecule has 5 heteroatoms. The molecule has 0 saturated heterocycles.